The molecule has 2 aliphatic rings. The van der Waals surface area contributed by atoms with E-state index in [1.165, 1.54) is 11.8 Å². The topological polar surface area (TPSA) is 79.8 Å². The van der Waals surface area contributed by atoms with E-state index in [0.29, 0.717) is 22.2 Å². The number of ether oxygens (including phenoxy) is 2. The Morgan fingerprint density at radius 2 is 1.79 bits per heavy atom. The highest BCUT2D eigenvalue weighted by molar-refractivity contribution is 7.99. The van der Waals surface area contributed by atoms with Gasteiger partial charge in [0.25, 0.3) is 0 Å². The summed E-state index contributed by atoms with van der Waals surface area (Å²) >= 11 is 7.46. The van der Waals surface area contributed by atoms with Crippen molar-refractivity contribution in [1.82, 2.24) is 10.2 Å². The summed E-state index contributed by atoms with van der Waals surface area (Å²) in [5, 5.41) is 13.0. The highest BCUT2D eigenvalue weighted by Crippen LogP contribution is 2.34. The summed E-state index contributed by atoms with van der Waals surface area (Å²) < 4.78 is 10.6. The van der Waals surface area contributed by atoms with Crippen molar-refractivity contribution in [2.45, 2.75) is 5.03 Å². The lowest BCUT2D eigenvalue weighted by molar-refractivity contribution is -0.113. The summed E-state index contributed by atoms with van der Waals surface area (Å²) in [6, 6.07) is 17.1. The number of halogens is 1. The maximum absolute atomic E-state index is 12.3. The van der Waals surface area contributed by atoms with Crippen molar-refractivity contribution in [2.75, 3.05) is 53.8 Å². The minimum atomic E-state index is -0.123. The molecule has 1 amide bonds. The Bertz CT molecular complexity index is 1140. The third kappa shape index (κ3) is 5.26. The number of aromatic nitrogens is 2. The van der Waals surface area contributed by atoms with Crippen LogP contribution >= 0.6 is 23.4 Å². The molecule has 1 fully saturated rings. The van der Waals surface area contributed by atoms with Crippen LogP contribution in [0.2, 0.25) is 5.02 Å². The van der Waals surface area contributed by atoms with Crippen LogP contribution in [-0.2, 0) is 4.79 Å². The zero-order valence-corrected chi connectivity index (χ0v) is 19.3. The molecule has 0 aliphatic carbocycles. The van der Waals surface area contributed by atoms with Crippen molar-refractivity contribution in [3.05, 3.63) is 59.6 Å². The van der Waals surface area contributed by atoms with Gasteiger partial charge in [0.05, 0.1) is 5.75 Å². The molecule has 3 heterocycles. The number of hydrogen-bond donors (Lipinski definition) is 1. The first kappa shape index (κ1) is 21.7. The number of carbonyl (C=O) groups excluding carboxylic acids is 1. The molecule has 3 aromatic rings. The molecule has 0 spiro atoms. The molecule has 0 radical (unpaired) electrons. The van der Waals surface area contributed by atoms with Gasteiger partial charge >= 0.3 is 0 Å². The minimum Gasteiger partial charge on any atom is -0.454 e. The first-order valence-corrected chi connectivity index (χ1v) is 11.9. The van der Waals surface area contributed by atoms with Gasteiger partial charge in [0.1, 0.15) is 5.03 Å². The van der Waals surface area contributed by atoms with E-state index in [2.05, 4.69) is 31.4 Å². The summed E-state index contributed by atoms with van der Waals surface area (Å²) in [5.74, 6) is 2.27. The molecule has 1 aromatic heterocycles. The molecule has 33 heavy (non-hydrogen) atoms. The Labute approximate surface area is 200 Å². The number of benzene rings is 2. The monoisotopic (exact) mass is 483 g/mol. The minimum absolute atomic E-state index is 0.123. The summed E-state index contributed by atoms with van der Waals surface area (Å²) in [6.45, 7) is 3.68. The van der Waals surface area contributed by atoms with E-state index in [1.807, 2.05) is 30.3 Å². The molecular formula is C23H22ClN5O3S. The molecule has 2 aromatic carbocycles. The Kier molecular flexibility index (Phi) is 6.41. The molecule has 1 N–H and O–H groups in total. The fourth-order valence-corrected chi connectivity index (χ4v) is 4.53. The van der Waals surface area contributed by atoms with E-state index in [0.717, 1.165) is 42.7 Å². The third-order valence-corrected chi connectivity index (χ3v) is 6.57. The Morgan fingerprint density at radius 1 is 0.970 bits per heavy atom. The molecule has 0 atom stereocenters. The van der Waals surface area contributed by atoms with Crippen LogP contribution in [0.15, 0.2) is 59.6 Å². The largest absolute Gasteiger partial charge is 0.454 e. The number of hydrogen-bond acceptors (Lipinski definition) is 8. The normalized spacial score (nSPS) is 14.9. The average Bonchev–Trinajstić information content (AvgIpc) is 3.31. The number of thioether (sulfide) groups is 1. The first-order valence-electron chi connectivity index (χ1n) is 10.6. The van der Waals surface area contributed by atoms with Gasteiger partial charge in [-0.25, -0.2) is 0 Å². The summed E-state index contributed by atoms with van der Waals surface area (Å²) in [7, 11) is 0. The number of fused-ring (bicyclic) bond motifs is 1. The van der Waals surface area contributed by atoms with Gasteiger partial charge in [-0.1, -0.05) is 29.4 Å². The Balaban J connectivity index is 1.10. The van der Waals surface area contributed by atoms with Gasteiger partial charge in [0.2, 0.25) is 12.7 Å². The van der Waals surface area contributed by atoms with Crippen LogP contribution in [0.5, 0.6) is 11.5 Å². The predicted molar refractivity (Wildman–Crippen MR) is 130 cm³/mol. The third-order valence-electron chi connectivity index (χ3n) is 5.41. The highest BCUT2D eigenvalue weighted by atomic mass is 35.5. The Hall–Kier alpha value is -3.17. The predicted octanol–water partition coefficient (Wildman–Crippen LogP) is 3.92. The molecule has 1 saturated heterocycles. The van der Waals surface area contributed by atoms with Crippen LogP contribution in [0.3, 0.4) is 0 Å². The van der Waals surface area contributed by atoms with Gasteiger partial charge in [-0.2, -0.15) is 0 Å². The lowest BCUT2D eigenvalue weighted by Gasteiger charge is -2.36. The van der Waals surface area contributed by atoms with E-state index in [4.69, 9.17) is 21.1 Å². The zero-order chi connectivity index (χ0) is 22.6. The average molecular weight is 484 g/mol. The molecule has 8 nitrogen and oxygen atoms in total. The maximum atomic E-state index is 12.3. The van der Waals surface area contributed by atoms with Crippen LogP contribution in [0, 0.1) is 0 Å². The van der Waals surface area contributed by atoms with Gasteiger partial charge in [-0.05, 0) is 42.5 Å². The molecular weight excluding hydrogens is 462 g/mol. The van der Waals surface area contributed by atoms with Gasteiger partial charge in [-0.15, -0.1) is 10.2 Å². The van der Waals surface area contributed by atoms with E-state index in [-0.39, 0.29) is 18.5 Å². The number of rotatable bonds is 6. The quantitative estimate of drug-likeness (QED) is 0.528. The zero-order valence-electron chi connectivity index (χ0n) is 17.7. The van der Waals surface area contributed by atoms with Gasteiger partial charge in [-0.3, -0.25) is 4.79 Å². The fraction of sp³-hybridized carbons (Fsp3) is 0.261. The summed E-state index contributed by atoms with van der Waals surface area (Å²) in [4.78, 5) is 16.8. The number of piperazine rings is 1. The van der Waals surface area contributed by atoms with Crippen molar-refractivity contribution < 1.29 is 14.3 Å². The summed E-state index contributed by atoms with van der Waals surface area (Å²) in [5.41, 5.74) is 1.81. The molecule has 0 saturated carbocycles. The van der Waals surface area contributed by atoms with E-state index in [9.17, 15) is 4.79 Å². The van der Waals surface area contributed by atoms with E-state index >= 15 is 0 Å². The fourth-order valence-electron chi connectivity index (χ4n) is 3.74. The first-order chi connectivity index (χ1) is 16.1. The van der Waals surface area contributed by atoms with Crippen LogP contribution < -0.4 is 24.6 Å². The van der Waals surface area contributed by atoms with Crippen LogP contribution in [-0.4, -0.2) is 54.8 Å². The van der Waals surface area contributed by atoms with Crippen molar-refractivity contribution >= 4 is 46.5 Å². The van der Waals surface area contributed by atoms with E-state index in [1.54, 1.807) is 18.2 Å². The second-order valence-electron chi connectivity index (χ2n) is 7.59. The molecule has 170 valence electrons. The maximum Gasteiger partial charge on any atom is 0.234 e. The second-order valence-corrected chi connectivity index (χ2v) is 9.02. The molecule has 0 bridgehead atoms. The smallest absolute Gasteiger partial charge is 0.234 e. The number of carbonyl (C=O) groups is 1. The Morgan fingerprint density at radius 3 is 2.58 bits per heavy atom. The van der Waals surface area contributed by atoms with Gasteiger partial charge in [0, 0.05) is 48.6 Å². The standard InChI is InChI=1S/C23H22ClN5O3S/c24-16-2-1-3-18(12-16)28-8-10-29(11-9-28)21-6-7-23(27-26-21)33-14-22(30)25-17-4-5-19-20(13-17)32-15-31-19/h1-7,12-13H,8-11,14-15H2,(H,25,30). The SMILES string of the molecule is O=C(CSc1ccc(N2CCN(c3cccc(Cl)c3)CC2)nn1)Nc1ccc2c(c1)OCO2. The molecule has 2 aliphatic heterocycles. The molecule has 10 heteroatoms. The van der Waals surface area contributed by atoms with Crippen molar-refractivity contribution in [2.24, 2.45) is 0 Å². The second kappa shape index (κ2) is 9.76. The van der Waals surface area contributed by atoms with Crippen LogP contribution in [0.1, 0.15) is 0 Å². The molecule has 0 unspecified atom stereocenters. The number of anilines is 3. The summed E-state index contributed by atoms with van der Waals surface area (Å²) in [6.07, 6.45) is 0. The van der Waals surface area contributed by atoms with Crippen molar-refractivity contribution in [3.63, 3.8) is 0 Å². The van der Waals surface area contributed by atoms with Gasteiger partial charge < -0.3 is 24.6 Å². The number of amides is 1. The molecule has 5 rings (SSSR count). The van der Waals surface area contributed by atoms with Crippen molar-refractivity contribution in [3.8, 4) is 11.5 Å². The van der Waals surface area contributed by atoms with Crippen LogP contribution in [0.25, 0.3) is 0 Å². The van der Waals surface area contributed by atoms with Crippen LogP contribution in [0.4, 0.5) is 17.2 Å². The van der Waals surface area contributed by atoms with Crippen molar-refractivity contribution in [1.29, 1.82) is 0 Å². The lowest BCUT2D eigenvalue weighted by atomic mass is 10.2. The van der Waals surface area contributed by atoms with E-state index < -0.39 is 0 Å². The highest BCUT2D eigenvalue weighted by Gasteiger charge is 2.19. The lowest BCUT2D eigenvalue weighted by Crippen LogP contribution is -2.46. The number of nitrogens with one attached hydrogen (secondary N) is 1. The van der Waals surface area contributed by atoms with Gasteiger partial charge in [0.15, 0.2) is 17.3 Å². The number of nitrogens with zero attached hydrogens (tertiary/aromatic N) is 4.